The zero-order valence-corrected chi connectivity index (χ0v) is 13.0. The summed E-state index contributed by atoms with van der Waals surface area (Å²) in [6.07, 6.45) is 0. The minimum Gasteiger partial charge on any atom is -0.481 e. The monoisotopic (exact) mass is 279 g/mol. The van der Waals surface area contributed by atoms with Crippen LogP contribution in [0.15, 0.2) is 12.1 Å². The molecule has 19 heavy (non-hydrogen) atoms. The topological polar surface area (TPSA) is 39.1 Å². The SMILES string of the molecule is COc1c(CNC(C)c2ccc(C)s2)c(C)nn1C. The van der Waals surface area contributed by atoms with Crippen molar-refractivity contribution in [2.45, 2.75) is 33.4 Å². The Balaban J connectivity index is 2.06. The standard InChI is InChI=1S/C14H21N3OS/c1-9-6-7-13(19-9)11(3)15-8-12-10(2)16-17(4)14(12)18-5/h6-7,11,15H,8H2,1-5H3. The van der Waals surface area contributed by atoms with Crippen LogP contribution in [0.1, 0.15) is 34.0 Å². The van der Waals surface area contributed by atoms with Gasteiger partial charge in [0.1, 0.15) is 0 Å². The molecule has 0 fully saturated rings. The van der Waals surface area contributed by atoms with Crippen LogP contribution in [0.4, 0.5) is 0 Å². The number of ether oxygens (including phenoxy) is 1. The quantitative estimate of drug-likeness (QED) is 0.914. The number of hydrogen-bond donors (Lipinski definition) is 1. The van der Waals surface area contributed by atoms with E-state index >= 15 is 0 Å². The fourth-order valence-corrected chi connectivity index (χ4v) is 3.09. The van der Waals surface area contributed by atoms with E-state index in [0.29, 0.717) is 6.04 Å². The van der Waals surface area contributed by atoms with E-state index in [1.165, 1.54) is 9.75 Å². The summed E-state index contributed by atoms with van der Waals surface area (Å²) in [5, 5.41) is 7.93. The van der Waals surface area contributed by atoms with E-state index in [9.17, 15) is 0 Å². The van der Waals surface area contributed by atoms with E-state index < -0.39 is 0 Å². The number of aryl methyl sites for hydroxylation is 3. The minimum atomic E-state index is 0.336. The summed E-state index contributed by atoms with van der Waals surface area (Å²) in [5.41, 5.74) is 2.14. The Morgan fingerprint density at radius 3 is 2.74 bits per heavy atom. The summed E-state index contributed by atoms with van der Waals surface area (Å²) in [7, 11) is 3.59. The molecule has 0 saturated heterocycles. The van der Waals surface area contributed by atoms with Crippen molar-refractivity contribution in [3.05, 3.63) is 33.1 Å². The van der Waals surface area contributed by atoms with Gasteiger partial charge in [-0.3, -0.25) is 0 Å². The third-order valence-corrected chi connectivity index (χ3v) is 4.44. The van der Waals surface area contributed by atoms with Gasteiger partial charge >= 0.3 is 0 Å². The lowest BCUT2D eigenvalue weighted by atomic mass is 10.2. The average molecular weight is 279 g/mol. The van der Waals surface area contributed by atoms with E-state index in [-0.39, 0.29) is 0 Å². The number of methoxy groups -OCH3 is 1. The molecule has 2 rings (SSSR count). The Bertz CT molecular complexity index is 559. The van der Waals surface area contributed by atoms with Crippen molar-refractivity contribution in [1.82, 2.24) is 15.1 Å². The van der Waals surface area contributed by atoms with Crippen molar-refractivity contribution in [3.8, 4) is 5.88 Å². The van der Waals surface area contributed by atoms with Crippen LogP contribution in [-0.2, 0) is 13.6 Å². The van der Waals surface area contributed by atoms with Crippen LogP contribution < -0.4 is 10.1 Å². The Morgan fingerprint density at radius 1 is 1.42 bits per heavy atom. The van der Waals surface area contributed by atoms with Crippen molar-refractivity contribution >= 4 is 11.3 Å². The lowest BCUT2D eigenvalue weighted by Gasteiger charge is -2.12. The summed E-state index contributed by atoms with van der Waals surface area (Å²) < 4.78 is 7.19. The highest BCUT2D eigenvalue weighted by Crippen LogP contribution is 2.25. The minimum absolute atomic E-state index is 0.336. The predicted molar refractivity (Wildman–Crippen MR) is 78.8 cm³/mol. The van der Waals surface area contributed by atoms with Gasteiger partial charge in [0.2, 0.25) is 5.88 Å². The second-order valence-electron chi connectivity index (χ2n) is 4.75. The second-order valence-corrected chi connectivity index (χ2v) is 6.07. The van der Waals surface area contributed by atoms with Crippen LogP contribution in [0.2, 0.25) is 0 Å². The summed E-state index contributed by atoms with van der Waals surface area (Å²) in [6, 6.07) is 4.68. The molecule has 0 aliphatic heterocycles. The molecular formula is C14H21N3OS. The summed E-state index contributed by atoms with van der Waals surface area (Å²) in [4.78, 5) is 2.71. The van der Waals surface area contributed by atoms with Gasteiger partial charge in [0.05, 0.1) is 18.4 Å². The van der Waals surface area contributed by atoms with Gasteiger partial charge in [-0.1, -0.05) is 0 Å². The molecule has 0 aliphatic rings. The molecule has 0 spiro atoms. The van der Waals surface area contributed by atoms with Crippen LogP contribution in [0.5, 0.6) is 5.88 Å². The average Bonchev–Trinajstić information content (AvgIpc) is 2.90. The van der Waals surface area contributed by atoms with Crippen molar-refractivity contribution in [3.63, 3.8) is 0 Å². The summed E-state index contributed by atoms with van der Waals surface area (Å²) in [5.74, 6) is 0.833. The van der Waals surface area contributed by atoms with E-state index in [1.807, 2.05) is 25.3 Å². The maximum atomic E-state index is 5.40. The lowest BCUT2D eigenvalue weighted by molar-refractivity contribution is 0.367. The summed E-state index contributed by atoms with van der Waals surface area (Å²) >= 11 is 1.84. The number of thiophene rings is 1. The molecule has 2 aromatic heterocycles. The molecule has 1 unspecified atom stereocenters. The van der Waals surface area contributed by atoms with Gasteiger partial charge in [-0.2, -0.15) is 5.10 Å². The Labute approximate surface area is 118 Å². The smallest absolute Gasteiger partial charge is 0.216 e. The first-order valence-corrected chi connectivity index (χ1v) is 7.20. The molecule has 0 bridgehead atoms. The number of rotatable bonds is 5. The van der Waals surface area contributed by atoms with E-state index in [4.69, 9.17) is 4.74 Å². The first-order chi connectivity index (χ1) is 9.02. The van der Waals surface area contributed by atoms with Gasteiger partial charge in [0.15, 0.2) is 0 Å². The van der Waals surface area contributed by atoms with Crippen LogP contribution >= 0.6 is 11.3 Å². The molecule has 2 heterocycles. The van der Waals surface area contributed by atoms with Crippen LogP contribution in [0.3, 0.4) is 0 Å². The molecule has 0 aromatic carbocycles. The normalized spacial score (nSPS) is 12.7. The molecule has 0 radical (unpaired) electrons. The highest BCUT2D eigenvalue weighted by molar-refractivity contribution is 7.12. The molecule has 1 atom stereocenters. The molecule has 4 nitrogen and oxygen atoms in total. The van der Waals surface area contributed by atoms with E-state index in [1.54, 1.807) is 11.8 Å². The van der Waals surface area contributed by atoms with Gasteiger partial charge in [-0.05, 0) is 32.9 Å². The zero-order chi connectivity index (χ0) is 14.0. The lowest BCUT2D eigenvalue weighted by Crippen LogP contribution is -2.17. The number of aromatic nitrogens is 2. The number of hydrogen-bond acceptors (Lipinski definition) is 4. The highest BCUT2D eigenvalue weighted by Gasteiger charge is 2.15. The molecule has 2 aromatic rings. The van der Waals surface area contributed by atoms with Gasteiger partial charge in [0, 0.05) is 29.4 Å². The molecule has 104 valence electrons. The Hall–Kier alpha value is -1.33. The number of nitrogens with one attached hydrogen (secondary N) is 1. The van der Waals surface area contributed by atoms with E-state index in [0.717, 1.165) is 23.7 Å². The van der Waals surface area contributed by atoms with Crippen LogP contribution in [0, 0.1) is 13.8 Å². The second kappa shape index (κ2) is 5.75. The fourth-order valence-electron chi connectivity index (χ4n) is 2.18. The largest absolute Gasteiger partial charge is 0.481 e. The van der Waals surface area contributed by atoms with Gasteiger partial charge in [-0.15, -0.1) is 11.3 Å². The fraction of sp³-hybridized carbons (Fsp3) is 0.500. The van der Waals surface area contributed by atoms with Crippen LogP contribution in [-0.4, -0.2) is 16.9 Å². The molecule has 0 amide bonds. The van der Waals surface area contributed by atoms with Crippen molar-refractivity contribution in [2.24, 2.45) is 7.05 Å². The Kier molecular flexibility index (Phi) is 4.27. The Morgan fingerprint density at radius 2 is 2.16 bits per heavy atom. The highest BCUT2D eigenvalue weighted by atomic mass is 32.1. The van der Waals surface area contributed by atoms with Crippen LogP contribution in [0.25, 0.3) is 0 Å². The van der Waals surface area contributed by atoms with Gasteiger partial charge in [-0.25, -0.2) is 4.68 Å². The third-order valence-electron chi connectivity index (χ3n) is 3.26. The molecule has 0 aliphatic carbocycles. The molecule has 1 N–H and O–H groups in total. The molecule has 5 heteroatoms. The number of nitrogens with zero attached hydrogens (tertiary/aromatic N) is 2. The van der Waals surface area contributed by atoms with E-state index in [2.05, 4.69) is 36.4 Å². The van der Waals surface area contributed by atoms with Crippen molar-refractivity contribution in [1.29, 1.82) is 0 Å². The predicted octanol–water partition coefficient (Wildman–Crippen LogP) is 2.96. The van der Waals surface area contributed by atoms with Gasteiger partial charge < -0.3 is 10.1 Å². The van der Waals surface area contributed by atoms with Crippen molar-refractivity contribution < 1.29 is 4.74 Å². The zero-order valence-electron chi connectivity index (χ0n) is 12.2. The maximum absolute atomic E-state index is 5.40. The van der Waals surface area contributed by atoms with Gasteiger partial charge in [0.25, 0.3) is 0 Å². The molecule has 0 saturated carbocycles. The maximum Gasteiger partial charge on any atom is 0.216 e. The van der Waals surface area contributed by atoms with Crippen molar-refractivity contribution in [2.75, 3.05) is 7.11 Å². The third kappa shape index (κ3) is 2.98. The first-order valence-electron chi connectivity index (χ1n) is 6.39. The first kappa shape index (κ1) is 14.1. The summed E-state index contributed by atoms with van der Waals surface area (Å²) in [6.45, 7) is 7.10. The molecular weight excluding hydrogens is 258 g/mol.